The highest BCUT2D eigenvalue weighted by molar-refractivity contribution is 5.94. The number of hydrogen-bond acceptors (Lipinski definition) is 5. The second kappa shape index (κ2) is 3.89. The molecule has 0 aromatic carbocycles. The molecule has 0 radical (unpaired) electrons. The summed E-state index contributed by atoms with van der Waals surface area (Å²) in [4.78, 5) is 26.9. The van der Waals surface area contributed by atoms with E-state index in [1.165, 1.54) is 4.90 Å². The van der Waals surface area contributed by atoms with Crippen LogP contribution in [0.4, 0.5) is 5.95 Å². The van der Waals surface area contributed by atoms with Crippen molar-refractivity contribution in [2.75, 3.05) is 11.4 Å². The molecule has 16 heavy (non-hydrogen) atoms. The van der Waals surface area contributed by atoms with Gasteiger partial charge in [0, 0.05) is 0 Å². The molecular formula is C8H10N4O4. The van der Waals surface area contributed by atoms with Gasteiger partial charge in [0.25, 0.3) is 5.95 Å². The fourth-order valence-electron chi connectivity index (χ4n) is 1.51. The molecule has 8 nitrogen and oxygen atoms in total. The van der Waals surface area contributed by atoms with Crippen molar-refractivity contribution in [1.82, 2.24) is 15.2 Å². The summed E-state index contributed by atoms with van der Waals surface area (Å²) in [7, 11) is 0. The standard InChI is InChI=1S/C8H10N4O4/c13-4-1-6(14)12(3-4)8-9-5(10-11-8)2-7(15)16/h4,13H,1-3H2,(H,15,16)(H,9,10,11). The number of aliphatic hydroxyl groups is 1. The molecule has 1 fully saturated rings. The third-order valence-corrected chi connectivity index (χ3v) is 2.18. The summed E-state index contributed by atoms with van der Waals surface area (Å²) in [5.74, 6) is -1.02. The average molecular weight is 226 g/mol. The lowest BCUT2D eigenvalue weighted by Crippen LogP contribution is -2.26. The quantitative estimate of drug-likeness (QED) is 0.578. The van der Waals surface area contributed by atoms with E-state index in [0.29, 0.717) is 0 Å². The van der Waals surface area contributed by atoms with Gasteiger partial charge in [-0.15, -0.1) is 5.10 Å². The molecule has 1 atom stereocenters. The highest BCUT2D eigenvalue weighted by atomic mass is 16.4. The van der Waals surface area contributed by atoms with Crippen molar-refractivity contribution in [3.05, 3.63) is 5.82 Å². The van der Waals surface area contributed by atoms with Crippen LogP contribution in [0.2, 0.25) is 0 Å². The molecule has 8 heteroatoms. The van der Waals surface area contributed by atoms with Gasteiger partial charge in [-0.25, -0.2) is 0 Å². The summed E-state index contributed by atoms with van der Waals surface area (Å²) in [5, 5.41) is 24.0. The van der Waals surface area contributed by atoms with Crippen LogP contribution in [0.15, 0.2) is 0 Å². The maximum Gasteiger partial charge on any atom is 0.311 e. The Morgan fingerprint density at radius 3 is 2.94 bits per heavy atom. The molecule has 1 aromatic heterocycles. The van der Waals surface area contributed by atoms with Gasteiger partial charge in [0.15, 0.2) is 0 Å². The van der Waals surface area contributed by atoms with Gasteiger partial charge in [-0.1, -0.05) is 0 Å². The largest absolute Gasteiger partial charge is 0.481 e. The molecule has 1 saturated heterocycles. The topological polar surface area (TPSA) is 119 Å². The number of carboxylic acids is 1. The molecular weight excluding hydrogens is 216 g/mol. The number of carbonyl (C=O) groups is 2. The SMILES string of the molecule is O=C(O)Cc1nc(N2CC(O)CC2=O)n[nH]1. The number of rotatable bonds is 3. The second-order valence-corrected chi connectivity index (χ2v) is 3.51. The lowest BCUT2D eigenvalue weighted by Gasteiger charge is -2.09. The number of hydrogen-bond donors (Lipinski definition) is 3. The van der Waals surface area contributed by atoms with Crippen molar-refractivity contribution >= 4 is 17.8 Å². The molecule has 1 aliphatic heterocycles. The first-order valence-electron chi connectivity index (χ1n) is 4.68. The minimum atomic E-state index is -1.03. The van der Waals surface area contributed by atoms with Crippen LogP contribution < -0.4 is 4.90 Å². The van der Waals surface area contributed by atoms with Crippen LogP contribution in [-0.2, 0) is 16.0 Å². The van der Waals surface area contributed by atoms with E-state index in [4.69, 9.17) is 5.11 Å². The average Bonchev–Trinajstić information content (AvgIpc) is 2.72. The van der Waals surface area contributed by atoms with Gasteiger partial charge in [0.05, 0.1) is 19.1 Å². The lowest BCUT2D eigenvalue weighted by molar-refractivity contribution is -0.136. The predicted molar refractivity (Wildman–Crippen MR) is 50.7 cm³/mol. The van der Waals surface area contributed by atoms with E-state index < -0.39 is 12.1 Å². The Hall–Kier alpha value is -1.96. The summed E-state index contributed by atoms with van der Waals surface area (Å²) in [6.45, 7) is 0.142. The number of carboxylic acid groups (broad SMARTS) is 1. The van der Waals surface area contributed by atoms with E-state index in [-0.39, 0.29) is 37.1 Å². The summed E-state index contributed by atoms with van der Waals surface area (Å²) in [6.07, 6.45) is -0.950. The van der Waals surface area contributed by atoms with Crippen molar-refractivity contribution in [3.8, 4) is 0 Å². The van der Waals surface area contributed by atoms with Crippen LogP contribution in [0.5, 0.6) is 0 Å². The van der Waals surface area contributed by atoms with Crippen LogP contribution in [0.3, 0.4) is 0 Å². The normalized spacial score (nSPS) is 20.4. The Kier molecular flexibility index (Phi) is 2.57. The zero-order valence-corrected chi connectivity index (χ0v) is 8.25. The van der Waals surface area contributed by atoms with E-state index in [0.717, 1.165) is 0 Å². The number of aliphatic hydroxyl groups excluding tert-OH is 1. The van der Waals surface area contributed by atoms with E-state index in [2.05, 4.69) is 15.2 Å². The van der Waals surface area contributed by atoms with Crippen LogP contribution in [0.1, 0.15) is 12.2 Å². The Morgan fingerprint density at radius 2 is 2.38 bits per heavy atom. The molecule has 2 rings (SSSR count). The molecule has 0 saturated carbocycles. The number of aromatic nitrogens is 3. The van der Waals surface area contributed by atoms with E-state index >= 15 is 0 Å². The molecule has 1 unspecified atom stereocenters. The predicted octanol–water partition coefficient (Wildman–Crippen LogP) is -1.47. The van der Waals surface area contributed by atoms with Gasteiger partial charge in [-0.05, 0) is 0 Å². The van der Waals surface area contributed by atoms with Gasteiger partial charge < -0.3 is 10.2 Å². The number of nitrogens with one attached hydrogen (secondary N) is 1. The highest BCUT2D eigenvalue weighted by Gasteiger charge is 2.31. The summed E-state index contributed by atoms with van der Waals surface area (Å²) in [6, 6.07) is 0. The third-order valence-electron chi connectivity index (χ3n) is 2.18. The van der Waals surface area contributed by atoms with Gasteiger partial charge in [-0.3, -0.25) is 19.6 Å². The first-order chi connectivity index (χ1) is 7.56. The molecule has 0 spiro atoms. The van der Waals surface area contributed by atoms with Crippen LogP contribution in [0.25, 0.3) is 0 Å². The van der Waals surface area contributed by atoms with E-state index in [1.807, 2.05) is 0 Å². The minimum absolute atomic E-state index is 0.0444. The fourth-order valence-corrected chi connectivity index (χ4v) is 1.51. The smallest absolute Gasteiger partial charge is 0.311 e. The fraction of sp³-hybridized carbons (Fsp3) is 0.500. The molecule has 1 amide bonds. The number of aromatic amines is 1. The Morgan fingerprint density at radius 1 is 1.62 bits per heavy atom. The maximum atomic E-state index is 11.4. The van der Waals surface area contributed by atoms with Crippen molar-refractivity contribution in [1.29, 1.82) is 0 Å². The Labute approximate surface area is 89.9 Å². The van der Waals surface area contributed by atoms with Crippen molar-refractivity contribution in [3.63, 3.8) is 0 Å². The third kappa shape index (κ3) is 2.01. The molecule has 0 aliphatic carbocycles. The second-order valence-electron chi connectivity index (χ2n) is 3.51. The highest BCUT2D eigenvalue weighted by Crippen LogP contribution is 2.17. The number of nitrogens with zero attached hydrogens (tertiary/aromatic N) is 3. The van der Waals surface area contributed by atoms with Gasteiger partial charge in [0.1, 0.15) is 12.2 Å². The van der Waals surface area contributed by atoms with E-state index in [9.17, 15) is 14.7 Å². The van der Waals surface area contributed by atoms with Crippen LogP contribution >= 0.6 is 0 Å². The number of anilines is 1. The Bertz CT molecular complexity index is 429. The maximum absolute atomic E-state index is 11.4. The lowest BCUT2D eigenvalue weighted by atomic mass is 10.3. The Balaban J connectivity index is 2.13. The van der Waals surface area contributed by atoms with E-state index in [1.54, 1.807) is 0 Å². The first kappa shape index (κ1) is 10.6. The number of H-pyrrole nitrogens is 1. The first-order valence-corrected chi connectivity index (χ1v) is 4.68. The number of carbonyl (C=O) groups excluding carboxylic acids is 1. The number of β-amino-alcohol motifs (C(OH)–C–C–N with tert-alkyl or cyclic N) is 1. The summed E-state index contributed by atoms with van der Waals surface area (Å²) in [5.41, 5.74) is 0. The van der Waals surface area contributed by atoms with Gasteiger partial charge >= 0.3 is 5.97 Å². The molecule has 86 valence electrons. The molecule has 2 heterocycles. The zero-order valence-electron chi connectivity index (χ0n) is 8.25. The summed E-state index contributed by atoms with van der Waals surface area (Å²) < 4.78 is 0. The van der Waals surface area contributed by atoms with Crippen molar-refractivity contribution in [2.45, 2.75) is 18.9 Å². The number of amides is 1. The molecule has 0 bridgehead atoms. The monoisotopic (exact) mass is 226 g/mol. The van der Waals surface area contributed by atoms with Crippen molar-refractivity contribution in [2.24, 2.45) is 0 Å². The van der Waals surface area contributed by atoms with Gasteiger partial charge in [0.2, 0.25) is 5.91 Å². The van der Waals surface area contributed by atoms with Crippen LogP contribution in [-0.4, -0.2) is 49.9 Å². The zero-order chi connectivity index (χ0) is 11.7. The number of aliphatic carboxylic acids is 1. The molecule has 1 aliphatic rings. The summed E-state index contributed by atoms with van der Waals surface area (Å²) >= 11 is 0. The van der Waals surface area contributed by atoms with Gasteiger partial charge in [-0.2, -0.15) is 4.98 Å². The minimum Gasteiger partial charge on any atom is -0.481 e. The van der Waals surface area contributed by atoms with Crippen molar-refractivity contribution < 1.29 is 19.8 Å². The van der Waals surface area contributed by atoms with Crippen LogP contribution in [0, 0.1) is 0 Å². The molecule has 1 aromatic rings. The molecule has 3 N–H and O–H groups in total.